The van der Waals surface area contributed by atoms with Crippen molar-refractivity contribution in [3.8, 4) is 0 Å². The van der Waals surface area contributed by atoms with Crippen molar-refractivity contribution in [3.63, 3.8) is 0 Å². The molecule has 28 heavy (non-hydrogen) atoms. The Morgan fingerprint density at radius 1 is 1.25 bits per heavy atom. The number of carbonyl (C=O) groups is 1. The third-order valence-corrected chi connectivity index (χ3v) is 8.28. The number of benzene rings is 1. The Kier molecular flexibility index (Phi) is 5.35. The van der Waals surface area contributed by atoms with Crippen LogP contribution >= 0.6 is 11.8 Å². The summed E-state index contributed by atoms with van der Waals surface area (Å²) in [7, 11) is -3.03. The molecule has 2 heterocycles. The van der Waals surface area contributed by atoms with Crippen LogP contribution in [0.5, 0.6) is 0 Å². The zero-order valence-corrected chi connectivity index (χ0v) is 17.8. The van der Waals surface area contributed by atoms with Gasteiger partial charge in [-0.3, -0.25) is 4.79 Å². The van der Waals surface area contributed by atoms with Gasteiger partial charge in [0.15, 0.2) is 9.84 Å². The van der Waals surface area contributed by atoms with Gasteiger partial charge in [-0.15, -0.1) is 0 Å². The second-order valence-corrected chi connectivity index (χ2v) is 11.2. The summed E-state index contributed by atoms with van der Waals surface area (Å²) >= 11 is 1.45. The average molecular weight is 420 g/mol. The fourth-order valence-electron chi connectivity index (χ4n) is 3.75. The van der Waals surface area contributed by atoms with Crippen molar-refractivity contribution in [3.05, 3.63) is 30.1 Å². The lowest BCUT2D eigenvalue weighted by atomic mass is 10.2. The van der Waals surface area contributed by atoms with E-state index >= 15 is 0 Å². The second kappa shape index (κ2) is 7.63. The zero-order chi connectivity index (χ0) is 19.9. The number of fused-ring (bicyclic) bond motifs is 1. The van der Waals surface area contributed by atoms with Crippen LogP contribution in [0.2, 0.25) is 0 Å². The molecule has 2 atom stereocenters. The van der Waals surface area contributed by atoms with E-state index in [0.717, 1.165) is 34.6 Å². The van der Waals surface area contributed by atoms with Crippen molar-refractivity contribution in [1.29, 1.82) is 0 Å². The fourth-order valence-corrected chi connectivity index (χ4v) is 6.49. The lowest BCUT2D eigenvalue weighted by molar-refractivity contribution is -0.131. The van der Waals surface area contributed by atoms with Crippen LogP contribution in [0.3, 0.4) is 0 Å². The number of carbonyl (C=O) groups excluding carboxylic acids is 1. The van der Waals surface area contributed by atoms with E-state index in [0.29, 0.717) is 18.9 Å². The van der Waals surface area contributed by atoms with Gasteiger partial charge in [0.25, 0.3) is 0 Å². The number of para-hydroxylation sites is 1. The van der Waals surface area contributed by atoms with Crippen LogP contribution in [0.1, 0.15) is 44.9 Å². The SMILES string of the molecule is CCN(C(=O)C(C)Sc1nc(C2CC2)nc2ccccc12)C1CCS(=O)(=O)C1. The standard InChI is InChI=1S/C20H25N3O3S2/c1-3-23(15-10-11-28(25,26)12-15)20(24)13(2)27-19-16-6-4-5-7-17(16)21-18(22-19)14-8-9-14/h4-7,13-15H,3,8-12H2,1-2H3. The molecule has 1 aliphatic heterocycles. The molecule has 1 aromatic heterocycles. The molecular weight excluding hydrogens is 394 g/mol. The number of hydrogen-bond acceptors (Lipinski definition) is 6. The van der Waals surface area contributed by atoms with Crippen LogP contribution in [0.4, 0.5) is 0 Å². The van der Waals surface area contributed by atoms with Gasteiger partial charge in [-0.05, 0) is 39.2 Å². The molecule has 0 spiro atoms. The molecule has 0 N–H and O–H groups in total. The van der Waals surface area contributed by atoms with Gasteiger partial charge in [0.1, 0.15) is 10.9 Å². The van der Waals surface area contributed by atoms with Crippen LogP contribution in [0, 0.1) is 0 Å². The minimum atomic E-state index is -3.03. The van der Waals surface area contributed by atoms with E-state index in [1.165, 1.54) is 11.8 Å². The molecule has 1 aromatic carbocycles. The van der Waals surface area contributed by atoms with Crippen molar-refractivity contribution < 1.29 is 13.2 Å². The summed E-state index contributed by atoms with van der Waals surface area (Å²) < 4.78 is 23.7. The monoisotopic (exact) mass is 419 g/mol. The molecule has 0 bridgehead atoms. The lowest BCUT2D eigenvalue weighted by Gasteiger charge is -2.29. The largest absolute Gasteiger partial charge is 0.338 e. The quantitative estimate of drug-likeness (QED) is 0.529. The first-order chi connectivity index (χ1) is 13.4. The van der Waals surface area contributed by atoms with Gasteiger partial charge in [0.2, 0.25) is 5.91 Å². The van der Waals surface area contributed by atoms with Crippen molar-refractivity contribution in [2.75, 3.05) is 18.1 Å². The number of aromatic nitrogens is 2. The third-order valence-electron chi connectivity index (χ3n) is 5.44. The summed E-state index contributed by atoms with van der Waals surface area (Å²) in [5.74, 6) is 1.53. The first-order valence-corrected chi connectivity index (χ1v) is 12.5. The van der Waals surface area contributed by atoms with Gasteiger partial charge >= 0.3 is 0 Å². The topological polar surface area (TPSA) is 80.2 Å². The minimum absolute atomic E-state index is 0.0229. The summed E-state index contributed by atoms with van der Waals surface area (Å²) in [5, 5.41) is 1.46. The molecule has 1 aliphatic carbocycles. The Balaban J connectivity index is 1.57. The molecule has 0 radical (unpaired) electrons. The van der Waals surface area contributed by atoms with Crippen LogP contribution < -0.4 is 0 Å². The predicted molar refractivity (Wildman–Crippen MR) is 111 cm³/mol. The zero-order valence-electron chi connectivity index (χ0n) is 16.2. The summed E-state index contributed by atoms with van der Waals surface area (Å²) in [6.07, 6.45) is 2.77. The van der Waals surface area contributed by atoms with E-state index in [1.54, 1.807) is 4.90 Å². The van der Waals surface area contributed by atoms with Crippen LogP contribution in [0.25, 0.3) is 10.9 Å². The van der Waals surface area contributed by atoms with E-state index in [9.17, 15) is 13.2 Å². The second-order valence-electron chi connectivity index (χ2n) is 7.62. The summed E-state index contributed by atoms with van der Waals surface area (Å²) in [4.78, 5) is 24.3. The van der Waals surface area contributed by atoms with E-state index in [2.05, 4.69) is 0 Å². The average Bonchev–Trinajstić information content (AvgIpc) is 3.46. The number of hydrogen-bond donors (Lipinski definition) is 0. The van der Waals surface area contributed by atoms with Gasteiger partial charge in [-0.25, -0.2) is 18.4 Å². The van der Waals surface area contributed by atoms with Gasteiger partial charge < -0.3 is 4.90 Å². The molecule has 2 unspecified atom stereocenters. The van der Waals surface area contributed by atoms with Gasteiger partial charge in [0.05, 0.1) is 22.3 Å². The lowest BCUT2D eigenvalue weighted by Crippen LogP contribution is -2.44. The Labute approximate surface area is 170 Å². The molecule has 1 saturated carbocycles. The number of rotatable bonds is 6. The van der Waals surface area contributed by atoms with Crippen LogP contribution in [-0.4, -0.2) is 58.5 Å². The molecular formula is C20H25N3O3S2. The Morgan fingerprint density at radius 2 is 2.00 bits per heavy atom. The highest BCUT2D eigenvalue weighted by atomic mass is 32.2. The van der Waals surface area contributed by atoms with Crippen LogP contribution in [0.15, 0.2) is 29.3 Å². The Bertz CT molecular complexity index is 1000. The highest BCUT2D eigenvalue weighted by molar-refractivity contribution is 8.00. The molecule has 8 heteroatoms. The van der Waals surface area contributed by atoms with E-state index in [1.807, 2.05) is 38.1 Å². The Morgan fingerprint density at radius 3 is 2.64 bits per heavy atom. The number of sulfone groups is 1. The normalized spacial score (nSPS) is 22.3. The van der Waals surface area contributed by atoms with E-state index in [-0.39, 0.29) is 28.7 Å². The molecule has 1 amide bonds. The molecule has 4 rings (SSSR count). The maximum atomic E-state index is 13.1. The highest BCUT2D eigenvalue weighted by Crippen LogP contribution is 2.40. The van der Waals surface area contributed by atoms with Crippen molar-refractivity contribution in [2.45, 2.75) is 55.3 Å². The first-order valence-electron chi connectivity index (χ1n) is 9.82. The summed E-state index contributed by atoms with van der Waals surface area (Å²) in [6.45, 7) is 4.31. The summed E-state index contributed by atoms with van der Waals surface area (Å²) in [5.41, 5.74) is 0.913. The first kappa shape index (κ1) is 19.6. The third kappa shape index (κ3) is 4.03. The maximum Gasteiger partial charge on any atom is 0.236 e. The number of nitrogens with zero attached hydrogens (tertiary/aromatic N) is 3. The van der Waals surface area contributed by atoms with Gasteiger partial charge in [-0.1, -0.05) is 30.0 Å². The molecule has 6 nitrogen and oxygen atoms in total. The van der Waals surface area contributed by atoms with E-state index in [4.69, 9.17) is 9.97 Å². The molecule has 1 saturated heterocycles. The van der Waals surface area contributed by atoms with E-state index < -0.39 is 9.84 Å². The van der Waals surface area contributed by atoms with Gasteiger partial charge in [-0.2, -0.15) is 0 Å². The van der Waals surface area contributed by atoms with Crippen molar-refractivity contribution in [2.24, 2.45) is 0 Å². The molecule has 2 aromatic rings. The number of amides is 1. The smallest absolute Gasteiger partial charge is 0.236 e. The van der Waals surface area contributed by atoms with Crippen molar-refractivity contribution in [1.82, 2.24) is 14.9 Å². The molecule has 150 valence electrons. The van der Waals surface area contributed by atoms with Crippen LogP contribution in [-0.2, 0) is 14.6 Å². The number of thioether (sulfide) groups is 1. The summed E-state index contributed by atoms with van der Waals surface area (Å²) in [6, 6.07) is 7.69. The van der Waals surface area contributed by atoms with Crippen molar-refractivity contribution >= 4 is 38.4 Å². The molecule has 2 fully saturated rings. The predicted octanol–water partition coefficient (Wildman–Crippen LogP) is 3.02. The minimum Gasteiger partial charge on any atom is -0.338 e. The maximum absolute atomic E-state index is 13.1. The van der Waals surface area contributed by atoms with Gasteiger partial charge in [0, 0.05) is 23.9 Å². The fraction of sp³-hybridized carbons (Fsp3) is 0.550. The molecule has 2 aliphatic rings. The Hall–Kier alpha value is -1.67. The highest BCUT2D eigenvalue weighted by Gasteiger charge is 2.36.